The van der Waals surface area contributed by atoms with Crippen LogP contribution in [0.5, 0.6) is 5.75 Å². The van der Waals surface area contributed by atoms with Crippen LogP contribution in [0, 0.1) is 11.3 Å². The van der Waals surface area contributed by atoms with Crippen molar-refractivity contribution in [2.75, 3.05) is 7.11 Å². The van der Waals surface area contributed by atoms with Crippen LogP contribution < -0.4 is 4.74 Å². The molecule has 0 bridgehead atoms. The van der Waals surface area contributed by atoms with Crippen LogP contribution in [0.1, 0.15) is 11.1 Å². The average molecular weight is 173 g/mol. The molecule has 0 radical (unpaired) electrons. The maximum absolute atomic E-state index is 8.68. The fraction of sp³-hybridized carbons (Fsp3) is 0.182. The number of nitrogens with zero attached hydrogens (tertiary/aromatic N) is 1. The van der Waals surface area contributed by atoms with E-state index in [1.807, 2.05) is 6.07 Å². The molecule has 0 fully saturated rings. The van der Waals surface area contributed by atoms with Gasteiger partial charge in [-0.1, -0.05) is 6.08 Å². The molecule has 0 aromatic heterocycles. The van der Waals surface area contributed by atoms with E-state index in [1.54, 1.807) is 25.3 Å². The van der Waals surface area contributed by atoms with Crippen LogP contribution in [0.3, 0.4) is 0 Å². The van der Waals surface area contributed by atoms with Crippen molar-refractivity contribution in [3.05, 3.63) is 42.0 Å². The second-order valence-corrected chi connectivity index (χ2v) is 2.63. The van der Waals surface area contributed by atoms with E-state index < -0.39 is 0 Å². The lowest BCUT2D eigenvalue weighted by Crippen LogP contribution is -1.91. The summed E-state index contributed by atoms with van der Waals surface area (Å²) in [4.78, 5) is 0. The van der Waals surface area contributed by atoms with Gasteiger partial charge in [-0.05, 0) is 30.2 Å². The molecule has 0 aliphatic carbocycles. The number of ether oxygens (including phenoxy) is 1. The van der Waals surface area contributed by atoms with E-state index in [9.17, 15) is 0 Å². The Morgan fingerprint density at radius 2 is 2.38 bits per heavy atom. The van der Waals surface area contributed by atoms with Crippen molar-refractivity contribution in [2.45, 2.75) is 6.42 Å². The zero-order valence-corrected chi connectivity index (χ0v) is 7.58. The monoisotopic (exact) mass is 173 g/mol. The number of hydrogen-bond acceptors (Lipinski definition) is 2. The van der Waals surface area contributed by atoms with E-state index in [-0.39, 0.29) is 0 Å². The lowest BCUT2D eigenvalue weighted by Gasteiger charge is -2.05. The van der Waals surface area contributed by atoms with Gasteiger partial charge in [-0.2, -0.15) is 5.26 Å². The summed E-state index contributed by atoms with van der Waals surface area (Å²) in [6, 6.07) is 7.45. The van der Waals surface area contributed by atoms with E-state index in [0.717, 1.165) is 17.7 Å². The Hall–Kier alpha value is -1.75. The molecular weight excluding hydrogens is 162 g/mol. The molecule has 0 amide bonds. The van der Waals surface area contributed by atoms with E-state index in [2.05, 4.69) is 12.6 Å². The molecule has 0 unspecified atom stereocenters. The molecule has 66 valence electrons. The number of nitriles is 1. The highest BCUT2D eigenvalue weighted by Gasteiger charge is 2.01. The molecule has 2 nitrogen and oxygen atoms in total. The summed E-state index contributed by atoms with van der Waals surface area (Å²) in [7, 11) is 1.62. The van der Waals surface area contributed by atoms with Gasteiger partial charge < -0.3 is 4.74 Å². The first kappa shape index (κ1) is 9.34. The number of methoxy groups -OCH3 is 1. The Morgan fingerprint density at radius 1 is 1.62 bits per heavy atom. The predicted octanol–water partition coefficient (Wildman–Crippen LogP) is 2.30. The largest absolute Gasteiger partial charge is 0.496 e. The third-order valence-corrected chi connectivity index (χ3v) is 1.77. The second kappa shape index (κ2) is 4.32. The van der Waals surface area contributed by atoms with Crippen LogP contribution in [0.2, 0.25) is 0 Å². The topological polar surface area (TPSA) is 33.0 Å². The summed E-state index contributed by atoms with van der Waals surface area (Å²) in [5.74, 6) is 0.805. The first-order chi connectivity index (χ1) is 6.31. The molecular formula is C11H11NO. The van der Waals surface area contributed by atoms with E-state index in [0.29, 0.717) is 5.56 Å². The summed E-state index contributed by atoms with van der Waals surface area (Å²) < 4.78 is 5.14. The smallest absolute Gasteiger partial charge is 0.122 e. The third-order valence-electron chi connectivity index (χ3n) is 1.77. The van der Waals surface area contributed by atoms with Gasteiger partial charge in [0.1, 0.15) is 5.75 Å². The molecule has 2 heteroatoms. The number of rotatable bonds is 3. The standard InChI is InChI=1S/C11H11NO/c1-3-4-10-7-9(8-12)5-6-11(10)13-2/h3,5-7H,1,4H2,2H3. The number of benzene rings is 1. The molecule has 0 heterocycles. The van der Waals surface area contributed by atoms with Gasteiger partial charge in [0.05, 0.1) is 18.7 Å². The van der Waals surface area contributed by atoms with Gasteiger partial charge >= 0.3 is 0 Å². The molecule has 0 spiro atoms. The molecule has 0 saturated heterocycles. The Balaban J connectivity index is 3.11. The van der Waals surface area contributed by atoms with Crippen molar-refractivity contribution < 1.29 is 4.74 Å². The molecule has 1 aromatic rings. The van der Waals surface area contributed by atoms with Crippen molar-refractivity contribution >= 4 is 0 Å². The quantitative estimate of drug-likeness (QED) is 0.657. The van der Waals surface area contributed by atoms with Crippen molar-refractivity contribution in [3.8, 4) is 11.8 Å². The Labute approximate surface area is 78.1 Å². The molecule has 0 aliphatic rings. The minimum atomic E-state index is 0.651. The number of allylic oxidation sites excluding steroid dienone is 1. The second-order valence-electron chi connectivity index (χ2n) is 2.63. The first-order valence-electron chi connectivity index (χ1n) is 3.99. The van der Waals surface area contributed by atoms with Gasteiger partial charge in [-0.25, -0.2) is 0 Å². The van der Waals surface area contributed by atoms with Gasteiger partial charge in [-0.15, -0.1) is 6.58 Å². The van der Waals surface area contributed by atoms with Gasteiger partial charge in [0.2, 0.25) is 0 Å². The van der Waals surface area contributed by atoms with Crippen LogP contribution in [0.15, 0.2) is 30.9 Å². The molecule has 1 aromatic carbocycles. The van der Waals surface area contributed by atoms with Crippen molar-refractivity contribution in [3.63, 3.8) is 0 Å². The Kier molecular flexibility index (Phi) is 3.10. The van der Waals surface area contributed by atoms with Crippen molar-refractivity contribution in [1.82, 2.24) is 0 Å². The number of hydrogen-bond donors (Lipinski definition) is 0. The maximum Gasteiger partial charge on any atom is 0.122 e. The summed E-state index contributed by atoms with van der Waals surface area (Å²) in [5, 5.41) is 8.68. The highest BCUT2D eigenvalue weighted by Crippen LogP contribution is 2.20. The molecule has 0 saturated carbocycles. The third kappa shape index (κ3) is 2.09. The molecule has 0 aliphatic heterocycles. The maximum atomic E-state index is 8.68. The SMILES string of the molecule is C=CCc1cc(C#N)ccc1OC. The zero-order valence-electron chi connectivity index (χ0n) is 7.58. The molecule has 0 N–H and O–H groups in total. The summed E-state index contributed by atoms with van der Waals surface area (Å²) >= 11 is 0. The summed E-state index contributed by atoms with van der Waals surface area (Å²) in [5.41, 5.74) is 1.65. The van der Waals surface area contributed by atoms with Gasteiger partial charge in [0.25, 0.3) is 0 Å². The predicted molar refractivity (Wildman–Crippen MR) is 51.6 cm³/mol. The summed E-state index contributed by atoms with van der Waals surface area (Å²) in [6.07, 6.45) is 2.51. The highest BCUT2D eigenvalue weighted by molar-refractivity contribution is 5.42. The van der Waals surface area contributed by atoms with Crippen LogP contribution >= 0.6 is 0 Å². The fourth-order valence-corrected chi connectivity index (χ4v) is 1.16. The minimum Gasteiger partial charge on any atom is -0.496 e. The van der Waals surface area contributed by atoms with Gasteiger partial charge in [0.15, 0.2) is 0 Å². The lowest BCUT2D eigenvalue weighted by atomic mass is 10.1. The summed E-state index contributed by atoms with van der Waals surface area (Å²) in [6.45, 7) is 3.65. The van der Waals surface area contributed by atoms with Crippen molar-refractivity contribution in [2.24, 2.45) is 0 Å². The Morgan fingerprint density at radius 3 is 2.92 bits per heavy atom. The van der Waals surface area contributed by atoms with Crippen LogP contribution in [-0.4, -0.2) is 7.11 Å². The molecule has 13 heavy (non-hydrogen) atoms. The van der Waals surface area contributed by atoms with Crippen molar-refractivity contribution in [1.29, 1.82) is 5.26 Å². The lowest BCUT2D eigenvalue weighted by molar-refractivity contribution is 0.410. The first-order valence-corrected chi connectivity index (χ1v) is 3.99. The molecule has 0 atom stereocenters. The van der Waals surface area contributed by atoms with Gasteiger partial charge in [0, 0.05) is 0 Å². The average Bonchev–Trinajstić information content (AvgIpc) is 2.18. The fourth-order valence-electron chi connectivity index (χ4n) is 1.16. The Bertz CT molecular complexity index is 350. The van der Waals surface area contributed by atoms with E-state index in [1.165, 1.54) is 0 Å². The van der Waals surface area contributed by atoms with Crippen LogP contribution in [0.4, 0.5) is 0 Å². The highest BCUT2D eigenvalue weighted by atomic mass is 16.5. The van der Waals surface area contributed by atoms with Crippen LogP contribution in [0.25, 0.3) is 0 Å². The van der Waals surface area contributed by atoms with Gasteiger partial charge in [-0.3, -0.25) is 0 Å². The minimum absolute atomic E-state index is 0.651. The zero-order chi connectivity index (χ0) is 9.68. The van der Waals surface area contributed by atoms with E-state index >= 15 is 0 Å². The normalized spacial score (nSPS) is 8.92. The van der Waals surface area contributed by atoms with E-state index in [4.69, 9.17) is 10.00 Å². The molecule has 1 rings (SSSR count). The van der Waals surface area contributed by atoms with Crippen LogP contribution in [-0.2, 0) is 6.42 Å².